The number of rotatable bonds is 22. The van der Waals surface area contributed by atoms with Crippen molar-refractivity contribution in [3.05, 3.63) is 0 Å². The van der Waals surface area contributed by atoms with Crippen LogP contribution in [0.2, 0.25) is 0 Å². The van der Waals surface area contributed by atoms with Crippen LogP contribution < -0.4 is 10.6 Å². The average molecular weight is 1090 g/mol. The molecule has 0 aromatic carbocycles. The monoisotopic (exact) mass is 1090 g/mol. The second kappa shape index (κ2) is 23.2. The van der Waals surface area contributed by atoms with Gasteiger partial charge in [0.15, 0.2) is 0 Å². The van der Waals surface area contributed by atoms with Crippen molar-refractivity contribution in [3.8, 4) is 0 Å². The molecule has 428 valence electrons. The first-order chi connectivity index (χ1) is 35.1. The molecule has 0 radical (unpaired) electrons. The zero-order valence-corrected chi connectivity index (χ0v) is 48.2. The van der Waals surface area contributed by atoms with Gasteiger partial charge in [0.2, 0.25) is 11.8 Å². The molecule has 16 heteroatoms. The lowest BCUT2D eigenvalue weighted by molar-refractivity contribution is -0.158. The Morgan fingerprint density at radius 1 is 0.507 bits per heavy atom. The van der Waals surface area contributed by atoms with Gasteiger partial charge < -0.3 is 20.8 Å². The topological polar surface area (TPSA) is 242 Å². The Balaban J connectivity index is 0.899. The van der Waals surface area contributed by atoms with Gasteiger partial charge in [-0.05, 0) is 227 Å². The van der Waals surface area contributed by atoms with Crippen molar-refractivity contribution in [1.29, 1.82) is 0 Å². The third kappa shape index (κ3) is 12.8. The molecule has 2 unspecified atom stereocenters. The van der Waals surface area contributed by atoms with E-state index in [1.165, 1.54) is 0 Å². The predicted molar refractivity (Wildman–Crippen MR) is 289 cm³/mol. The van der Waals surface area contributed by atoms with Crippen LogP contribution in [0.15, 0.2) is 0 Å². The molecular formula is C59H98N2O12S2. The first-order valence-electron chi connectivity index (χ1n) is 30.0. The molecule has 14 nitrogen and oxygen atoms in total. The number of ketones is 2. The van der Waals surface area contributed by atoms with E-state index in [9.17, 15) is 46.2 Å². The molecule has 8 aliphatic carbocycles. The number of hydrogen-bond acceptors (Lipinski definition) is 10. The average Bonchev–Trinajstić information content (AvgIpc) is 3.87. The molecule has 20 atom stereocenters. The molecule has 8 rings (SSSR count). The van der Waals surface area contributed by atoms with Crippen LogP contribution in [0.1, 0.15) is 202 Å². The van der Waals surface area contributed by atoms with Crippen molar-refractivity contribution in [1.82, 2.24) is 10.6 Å². The van der Waals surface area contributed by atoms with E-state index in [-0.39, 0.29) is 82.2 Å². The maximum atomic E-state index is 14.4. The number of Topliss-reactive ketones (excluding diaryl/α,β-unsaturated/α-hetero) is 2. The molecule has 0 aromatic rings. The number of carbonyl (C=O) groups is 4. The van der Waals surface area contributed by atoms with Gasteiger partial charge in [-0.25, -0.2) is 0 Å². The van der Waals surface area contributed by atoms with Gasteiger partial charge in [0.25, 0.3) is 20.2 Å². The van der Waals surface area contributed by atoms with Crippen LogP contribution in [0.4, 0.5) is 0 Å². The van der Waals surface area contributed by atoms with Crippen LogP contribution in [-0.4, -0.2) is 96.3 Å². The summed E-state index contributed by atoms with van der Waals surface area (Å²) in [6.07, 6.45) is 20.0. The van der Waals surface area contributed by atoms with E-state index in [1.807, 2.05) is 0 Å². The van der Waals surface area contributed by atoms with E-state index in [4.69, 9.17) is 9.11 Å². The molecule has 8 saturated carbocycles. The Morgan fingerprint density at radius 2 is 0.867 bits per heavy atom. The van der Waals surface area contributed by atoms with Crippen LogP contribution in [-0.2, 0) is 39.4 Å². The molecule has 8 fully saturated rings. The van der Waals surface area contributed by atoms with Gasteiger partial charge >= 0.3 is 0 Å². The minimum Gasteiger partial charge on any atom is -0.393 e. The Labute approximate surface area is 450 Å². The summed E-state index contributed by atoms with van der Waals surface area (Å²) in [5.74, 6) is 4.61. The molecule has 0 bridgehead atoms. The zero-order valence-electron chi connectivity index (χ0n) is 46.6. The fourth-order valence-corrected chi connectivity index (χ4v) is 21.1. The molecule has 6 N–H and O–H groups in total. The van der Waals surface area contributed by atoms with E-state index in [2.05, 4.69) is 52.2 Å². The second-order valence-electron chi connectivity index (χ2n) is 27.9. The van der Waals surface area contributed by atoms with Crippen molar-refractivity contribution >= 4 is 43.6 Å². The second-order valence-corrected chi connectivity index (χ2v) is 31.1. The molecular weight excluding hydrogens is 993 g/mol. The van der Waals surface area contributed by atoms with E-state index in [1.54, 1.807) is 0 Å². The lowest BCUT2D eigenvalue weighted by Gasteiger charge is -2.63. The van der Waals surface area contributed by atoms with Gasteiger partial charge in [-0.2, -0.15) is 16.8 Å². The number of aliphatic hydroxyl groups excluding tert-OH is 2. The molecule has 0 heterocycles. The Bertz CT molecular complexity index is 2140. The van der Waals surface area contributed by atoms with Crippen LogP contribution in [0.25, 0.3) is 0 Å². The fraction of sp³-hybridized carbons (Fsp3) is 0.932. The van der Waals surface area contributed by atoms with Gasteiger partial charge in [0, 0.05) is 51.6 Å². The minimum atomic E-state index is -4.15. The standard InChI is InChI=1S/C59H98N2O12S2/c1-36(10-16-52(66)60-26-28-74(68,69)70)46-12-14-48-54-38(30-40-34-44(64)18-22-56(40,3)50(54)20-24-58(46,48)5)32-42(62)8-7-9-43(63)33-39-31-41-35-45(65)19-23-57(41,4)51-21-25-59(6)47(13-15-49(59)55(39)51)37(2)11-17-53(67)61-27-29-75(71,72)73/h36-41,44-51,54-55,64-65H,7-35H2,1-6H3,(H,60,66)(H,61,67)(H,68,69,70)(H,71,72,73)/t36-,37-,38+,39+,40?,41?,44+,45+,46+,47+,48-,49-,50-,51-,54-,55-,56-,57-,58-,59+/m0/s1. The van der Waals surface area contributed by atoms with E-state index in [0.29, 0.717) is 129 Å². The normalized spacial score (nSPS) is 42.1. The van der Waals surface area contributed by atoms with Crippen molar-refractivity contribution in [2.45, 2.75) is 214 Å². The third-order valence-corrected chi connectivity index (χ3v) is 25.5. The van der Waals surface area contributed by atoms with Crippen molar-refractivity contribution in [2.75, 3.05) is 24.6 Å². The SMILES string of the molecule is C[C@@H](CCC(=O)NCCS(=O)(=O)O)[C@H]1CC[C@H]2[C@@H]3[C@@H](CC(=O)CCCC(=O)C[C@H]4CC5C[C@H](O)CC[C@]5(C)[C@H]5CC[C@]6(C)[C@@H]([C@@H](C)CCC(=O)NCCS(=O)(=O)O)CC[C@H]6[C@H]45)CC4C[C@H](O)CC[C@]4(C)[C@H]3CC[C@@]12C. The van der Waals surface area contributed by atoms with E-state index >= 15 is 0 Å². The van der Waals surface area contributed by atoms with Gasteiger partial charge in [0.05, 0.1) is 23.7 Å². The van der Waals surface area contributed by atoms with Gasteiger partial charge in [-0.3, -0.25) is 28.3 Å². The summed E-state index contributed by atoms with van der Waals surface area (Å²) in [6.45, 7) is 14.2. The summed E-state index contributed by atoms with van der Waals surface area (Å²) in [4.78, 5) is 54.2. The highest BCUT2D eigenvalue weighted by atomic mass is 32.2. The quantitative estimate of drug-likeness (QED) is 0.0556. The summed E-state index contributed by atoms with van der Waals surface area (Å²) in [5, 5.41) is 27.3. The fourth-order valence-electron chi connectivity index (χ4n) is 20.4. The predicted octanol–water partition coefficient (Wildman–Crippen LogP) is 9.41. The van der Waals surface area contributed by atoms with Crippen molar-refractivity contribution in [2.24, 2.45) is 105 Å². The molecule has 0 spiro atoms. The summed E-state index contributed by atoms with van der Waals surface area (Å²) in [6, 6.07) is 0. The zero-order chi connectivity index (χ0) is 54.5. The largest absolute Gasteiger partial charge is 0.393 e. The number of hydrogen-bond donors (Lipinski definition) is 6. The minimum absolute atomic E-state index is 0.0849. The van der Waals surface area contributed by atoms with Gasteiger partial charge in [0.1, 0.15) is 11.6 Å². The highest BCUT2D eigenvalue weighted by Crippen LogP contribution is 2.72. The summed E-state index contributed by atoms with van der Waals surface area (Å²) < 4.78 is 62.9. The molecule has 0 aromatic heterocycles. The third-order valence-electron chi connectivity index (χ3n) is 24.1. The Kier molecular flexibility index (Phi) is 18.3. The number of aliphatic hydroxyl groups is 2. The maximum absolute atomic E-state index is 14.4. The van der Waals surface area contributed by atoms with Gasteiger partial charge in [-0.15, -0.1) is 0 Å². The van der Waals surface area contributed by atoms with Gasteiger partial charge in [-0.1, -0.05) is 41.5 Å². The smallest absolute Gasteiger partial charge is 0.266 e. The van der Waals surface area contributed by atoms with Crippen molar-refractivity contribution in [3.63, 3.8) is 0 Å². The molecule has 0 aliphatic heterocycles. The molecule has 75 heavy (non-hydrogen) atoms. The first-order valence-corrected chi connectivity index (χ1v) is 33.2. The van der Waals surface area contributed by atoms with E-state index < -0.39 is 31.7 Å². The number of carbonyl (C=O) groups excluding carboxylic acids is 4. The van der Waals surface area contributed by atoms with E-state index in [0.717, 1.165) is 103 Å². The van der Waals surface area contributed by atoms with Crippen LogP contribution in [0.5, 0.6) is 0 Å². The molecule has 2 amide bonds. The first kappa shape index (κ1) is 59.1. The van der Waals surface area contributed by atoms with Crippen LogP contribution in [0, 0.1) is 105 Å². The van der Waals surface area contributed by atoms with Crippen LogP contribution in [0.3, 0.4) is 0 Å². The Morgan fingerprint density at radius 3 is 1.24 bits per heavy atom. The summed E-state index contributed by atoms with van der Waals surface area (Å²) in [7, 11) is -8.29. The number of fused-ring (bicyclic) bond motifs is 10. The summed E-state index contributed by atoms with van der Waals surface area (Å²) >= 11 is 0. The highest BCUT2D eigenvalue weighted by molar-refractivity contribution is 7.86. The lowest BCUT2D eigenvalue weighted by Crippen LogP contribution is -2.57. The molecule has 8 aliphatic rings. The lowest BCUT2D eigenvalue weighted by atomic mass is 9.42. The molecule has 0 saturated heterocycles. The van der Waals surface area contributed by atoms with Crippen LogP contribution >= 0.6 is 0 Å². The highest BCUT2D eigenvalue weighted by Gasteiger charge is 2.65. The Hall–Kier alpha value is -1.98. The van der Waals surface area contributed by atoms with Crippen molar-refractivity contribution < 1.29 is 55.3 Å². The number of amides is 2. The number of nitrogens with one attached hydrogen (secondary N) is 2. The summed E-state index contributed by atoms with van der Waals surface area (Å²) in [5.41, 5.74) is 0.439. The maximum Gasteiger partial charge on any atom is 0.266 e.